The Hall–Kier alpha value is -2.83. The fourth-order valence-electron chi connectivity index (χ4n) is 4.39. The van der Waals surface area contributed by atoms with Crippen LogP contribution < -0.4 is 0 Å². The van der Waals surface area contributed by atoms with Crippen molar-refractivity contribution in [3.63, 3.8) is 0 Å². The Bertz CT molecular complexity index is 865. The molecule has 3 amide bonds. The monoisotopic (exact) mass is 395 g/mol. The maximum atomic E-state index is 13.3. The molecule has 0 spiro atoms. The minimum absolute atomic E-state index is 0.153. The van der Waals surface area contributed by atoms with E-state index in [1.165, 1.54) is 10.5 Å². The van der Waals surface area contributed by atoms with Crippen LogP contribution in [-0.2, 0) is 11.2 Å². The number of nitrogens with zero attached hydrogens (tertiary/aromatic N) is 5. The molecular weight excluding hydrogens is 366 g/mol. The van der Waals surface area contributed by atoms with Crippen molar-refractivity contribution >= 4 is 17.9 Å². The van der Waals surface area contributed by atoms with Crippen molar-refractivity contribution in [2.24, 2.45) is 4.99 Å². The Morgan fingerprint density at radius 2 is 1.90 bits per heavy atom. The van der Waals surface area contributed by atoms with Gasteiger partial charge in [0.15, 0.2) is 12.2 Å². The standard InChI is InChI=1S/C22H29N5O2/c1-5-15(2)27-16(3)14-26-18-19(23-21(26)27)24(4)22(29)25(20(18)28)13-9-12-17-10-7-6-8-11-17/h6-8,10-11,14-15,18-19H,5,9,12-13H2,1-4H3. The van der Waals surface area contributed by atoms with Crippen LogP contribution in [0.2, 0.25) is 0 Å². The zero-order chi connectivity index (χ0) is 20.7. The first-order valence-electron chi connectivity index (χ1n) is 10.4. The molecule has 7 heteroatoms. The molecule has 3 aliphatic rings. The summed E-state index contributed by atoms with van der Waals surface area (Å²) in [6, 6.07) is 9.69. The van der Waals surface area contributed by atoms with E-state index in [1.807, 2.05) is 36.2 Å². The van der Waals surface area contributed by atoms with Crippen LogP contribution in [0.3, 0.4) is 0 Å². The van der Waals surface area contributed by atoms with Crippen molar-refractivity contribution in [3.05, 3.63) is 47.8 Å². The highest BCUT2D eigenvalue weighted by Crippen LogP contribution is 2.35. The molecule has 0 bridgehead atoms. The first-order valence-corrected chi connectivity index (χ1v) is 10.4. The average Bonchev–Trinajstić information content (AvgIpc) is 3.23. The summed E-state index contributed by atoms with van der Waals surface area (Å²) in [5.41, 5.74) is 2.30. The van der Waals surface area contributed by atoms with E-state index in [0.29, 0.717) is 6.54 Å². The Morgan fingerprint density at radius 3 is 2.59 bits per heavy atom. The van der Waals surface area contributed by atoms with Crippen molar-refractivity contribution in [3.8, 4) is 0 Å². The molecule has 1 aromatic carbocycles. The summed E-state index contributed by atoms with van der Waals surface area (Å²) in [6.45, 7) is 6.75. The molecule has 1 fully saturated rings. The van der Waals surface area contributed by atoms with Gasteiger partial charge in [-0.05, 0) is 38.7 Å². The van der Waals surface area contributed by atoms with Gasteiger partial charge in [0.25, 0.3) is 5.91 Å². The number of fused-ring (bicyclic) bond motifs is 3. The van der Waals surface area contributed by atoms with Crippen LogP contribution in [0.5, 0.6) is 0 Å². The number of allylic oxidation sites excluding steroid dienone is 1. The van der Waals surface area contributed by atoms with Crippen molar-refractivity contribution in [1.82, 2.24) is 19.6 Å². The smallest absolute Gasteiger partial charge is 0.312 e. The highest BCUT2D eigenvalue weighted by Gasteiger charge is 2.54. The van der Waals surface area contributed by atoms with Crippen molar-refractivity contribution in [2.45, 2.75) is 58.3 Å². The fourth-order valence-corrected chi connectivity index (χ4v) is 4.39. The number of imide groups is 1. The van der Waals surface area contributed by atoms with Crippen molar-refractivity contribution < 1.29 is 9.59 Å². The predicted octanol–water partition coefficient (Wildman–Crippen LogP) is 2.85. The van der Waals surface area contributed by atoms with Crippen LogP contribution in [0.15, 0.2) is 47.2 Å². The molecule has 3 heterocycles. The van der Waals surface area contributed by atoms with Gasteiger partial charge in [-0.3, -0.25) is 9.69 Å². The van der Waals surface area contributed by atoms with Gasteiger partial charge < -0.3 is 14.7 Å². The molecule has 1 saturated heterocycles. The van der Waals surface area contributed by atoms with Crippen LogP contribution in [-0.4, -0.2) is 69.3 Å². The SMILES string of the molecule is CCC(C)N1C(C)=CN2C1=NC1C2C(=O)N(CCCc2ccccc2)C(=O)N1C. The number of hydrogen-bond donors (Lipinski definition) is 0. The number of rotatable bonds is 6. The highest BCUT2D eigenvalue weighted by molar-refractivity contribution is 6.04. The maximum Gasteiger partial charge on any atom is 0.328 e. The zero-order valence-corrected chi connectivity index (χ0v) is 17.6. The molecule has 0 saturated carbocycles. The second kappa shape index (κ2) is 7.54. The zero-order valence-electron chi connectivity index (χ0n) is 17.6. The number of aryl methyl sites for hydroxylation is 1. The molecule has 0 N–H and O–H groups in total. The fraction of sp³-hybridized carbons (Fsp3) is 0.500. The van der Waals surface area contributed by atoms with Gasteiger partial charge in [-0.2, -0.15) is 0 Å². The second-order valence-corrected chi connectivity index (χ2v) is 8.07. The average molecular weight is 396 g/mol. The molecule has 0 radical (unpaired) electrons. The third kappa shape index (κ3) is 3.18. The lowest BCUT2D eigenvalue weighted by molar-refractivity contribution is -0.136. The number of aliphatic imine (C=N–C) groups is 1. The molecular formula is C22H29N5O2. The summed E-state index contributed by atoms with van der Waals surface area (Å²) in [7, 11) is 1.74. The Balaban J connectivity index is 1.51. The summed E-state index contributed by atoms with van der Waals surface area (Å²) in [5, 5.41) is 0. The van der Waals surface area contributed by atoms with E-state index in [1.54, 1.807) is 11.9 Å². The third-order valence-corrected chi connectivity index (χ3v) is 6.15. The maximum absolute atomic E-state index is 13.3. The van der Waals surface area contributed by atoms with E-state index in [-0.39, 0.29) is 18.0 Å². The number of carbonyl (C=O) groups excluding carboxylic acids is 2. The normalized spacial score (nSPS) is 24.6. The first-order chi connectivity index (χ1) is 13.9. The Morgan fingerprint density at radius 1 is 1.17 bits per heavy atom. The van der Waals surface area contributed by atoms with Gasteiger partial charge in [-0.15, -0.1) is 0 Å². The lowest BCUT2D eigenvalue weighted by Crippen LogP contribution is -2.64. The molecule has 3 atom stereocenters. The van der Waals surface area contributed by atoms with Crippen molar-refractivity contribution in [2.75, 3.05) is 13.6 Å². The molecule has 29 heavy (non-hydrogen) atoms. The summed E-state index contributed by atoms with van der Waals surface area (Å²) >= 11 is 0. The van der Waals surface area contributed by atoms with Crippen LogP contribution >= 0.6 is 0 Å². The number of hydrogen-bond acceptors (Lipinski definition) is 5. The molecule has 1 aromatic rings. The number of amides is 3. The van der Waals surface area contributed by atoms with Gasteiger partial charge in [-0.25, -0.2) is 9.79 Å². The van der Waals surface area contributed by atoms with Crippen LogP contribution in [0, 0.1) is 0 Å². The minimum atomic E-state index is -0.478. The van der Waals surface area contributed by atoms with Crippen LogP contribution in [0.4, 0.5) is 4.79 Å². The number of carbonyl (C=O) groups is 2. The van der Waals surface area contributed by atoms with Gasteiger partial charge in [0.2, 0.25) is 5.96 Å². The predicted molar refractivity (Wildman–Crippen MR) is 112 cm³/mol. The van der Waals surface area contributed by atoms with E-state index in [0.717, 1.165) is 30.9 Å². The van der Waals surface area contributed by atoms with Gasteiger partial charge >= 0.3 is 6.03 Å². The molecule has 3 unspecified atom stereocenters. The molecule has 154 valence electrons. The Kier molecular flexibility index (Phi) is 5.06. The highest BCUT2D eigenvalue weighted by atomic mass is 16.2. The minimum Gasteiger partial charge on any atom is -0.312 e. The third-order valence-electron chi connectivity index (χ3n) is 6.15. The number of benzene rings is 1. The number of urea groups is 1. The van der Waals surface area contributed by atoms with E-state index in [2.05, 4.69) is 30.9 Å². The summed E-state index contributed by atoms with van der Waals surface area (Å²) in [5.74, 6) is 0.631. The van der Waals surface area contributed by atoms with Crippen molar-refractivity contribution in [1.29, 1.82) is 0 Å². The van der Waals surface area contributed by atoms with E-state index < -0.39 is 12.2 Å². The Labute approximate surface area is 172 Å². The van der Waals surface area contributed by atoms with Crippen LogP contribution in [0.25, 0.3) is 0 Å². The summed E-state index contributed by atoms with van der Waals surface area (Å²) in [6.07, 6.45) is 4.09. The number of guanidine groups is 1. The second-order valence-electron chi connectivity index (χ2n) is 8.07. The first kappa shape index (κ1) is 19.5. The molecule has 3 aliphatic heterocycles. The van der Waals surface area contributed by atoms with Gasteiger partial charge in [0, 0.05) is 31.5 Å². The summed E-state index contributed by atoms with van der Waals surface area (Å²) < 4.78 is 0. The van der Waals surface area contributed by atoms with Gasteiger partial charge in [-0.1, -0.05) is 37.3 Å². The molecule has 0 aliphatic carbocycles. The molecule has 0 aromatic heterocycles. The molecule has 4 rings (SSSR count). The van der Waals surface area contributed by atoms with E-state index in [4.69, 9.17) is 4.99 Å². The number of likely N-dealkylation sites (N-methyl/N-ethyl adjacent to an activating group) is 1. The lowest BCUT2D eigenvalue weighted by atomic mass is 10.1. The van der Waals surface area contributed by atoms with Gasteiger partial charge in [0.05, 0.1) is 0 Å². The topological polar surface area (TPSA) is 59.5 Å². The molecule has 7 nitrogen and oxygen atoms in total. The lowest BCUT2D eigenvalue weighted by Gasteiger charge is -2.40. The summed E-state index contributed by atoms with van der Waals surface area (Å²) in [4.78, 5) is 38.1. The quantitative estimate of drug-likeness (QED) is 0.743. The van der Waals surface area contributed by atoms with Crippen LogP contribution in [0.1, 0.15) is 39.2 Å². The van der Waals surface area contributed by atoms with Gasteiger partial charge in [0.1, 0.15) is 0 Å². The van der Waals surface area contributed by atoms with E-state index >= 15 is 0 Å². The largest absolute Gasteiger partial charge is 0.328 e. The van der Waals surface area contributed by atoms with E-state index in [9.17, 15) is 9.59 Å².